The SMILES string of the molecule is COC(=O)[C@H]1C(=O)NC(SCC(=O)Nc2cccc(C)c2C)=C(C#N)[C@H]1c1cccc(Br)c1. The summed E-state index contributed by atoms with van der Waals surface area (Å²) in [5, 5.41) is 15.7. The van der Waals surface area contributed by atoms with Gasteiger partial charge in [-0.25, -0.2) is 0 Å². The zero-order valence-electron chi connectivity index (χ0n) is 18.3. The molecule has 1 aliphatic heterocycles. The van der Waals surface area contributed by atoms with Crippen molar-refractivity contribution in [2.45, 2.75) is 19.8 Å². The van der Waals surface area contributed by atoms with Crippen molar-refractivity contribution in [2.75, 3.05) is 18.2 Å². The number of ether oxygens (including phenoxy) is 1. The molecule has 33 heavy (non-hydrogen) atoms. The molecule has 0 saturated heterocycles. The van der Waals surface area contributed by atoms with Crippen LogP contribution in [-0.4, -0.2) is 30.6 Å². The lowest BCUT2D eigenvalue weighted by Crippen LogP contribution is -2.44. The minimum absolute atomic E-state index is 0.0255. The number of nitriles is 1. The smallest absolute Gasteiger partial charge is 0.319 e. The predicted octanol–water partition coefficient (Wildman–Crippen LogP) is 4.18. The van der Waals surface area contributed by atoms with Gasteiger partial charge in [-0.2, -0.15) is 5.26 Å². The van der Waals surface area contributed by atoms with Crippen molar-refractivity contribution in [3.63, 3.8) is 0 Å². The fourth-order valence-electron chi connectivity index (χ4n) is 3.59. The normalized spacial score (nSPS) is 17.7. The van der Waals surface area contributed by atoms with E-state index < -0.39 is 23.7 Å². The number of halogens is 1. The lowest BCUT2D eigenvalue weighted by Gasteiger charge is -2.31. The predicted molar refractivity (Wildman–Crippen MR) is 130 cm³/mol. The number of nitrogens with zero attached hydrogens (tertiary/aromatic N) is 1. The molecule has 0 unspecified atom stereocenters. The van der Waals surface area contributed by atoms with Crippen LogP contribution in [-0.2, 0) is 19.1 Å². The molecule has 0 saturated carbocycles. The van der Waals surface area contributed by atoms with Crippen LogP contribution in [0.2, 0.25) is 0 Å². The second-order valence-corrected chi connectivity index (χ2v) is 9.36. The van der Waals surface area contributed by atoms with Crippen molar-refractivity contribution < 1.29 is 19.1 Å². The van der Waals surface area contributed by atoms with E-state index in [-0.39, 0.29) is 22.3 Å². The van der Waals surface area contributed by atoms with Gasteiger partial charge in [-0.15, -0.1) is 0 Å². The molecule has 2 N–H and O–H groups in total. The molecule has 2 aromatic rings. The quantitative estimate of drug-likeness (QED) is 0.431. The standard InChI is InChI=1S/C24H22BrN3O4S/c1-13-6-4-9-18(14(13)2)27-19(29)12-33-23-17(11-26)20(15-7-5-8-16(25)10-15)21(22(30)28-23)24(31)32-3/h4-10,20-21H,12H2,1-3H3,(H,27,29)(H,28,30)/t20-,21-/m1/s1. The second kappa shape index (κ2) is 10.7. The first-order valence-corrected chi connectivity index (χ1v) is 11.8. The number of thioether (sulfide) groups is 1. The Morgan fingerprint density at radius 2 is 1.97 bits per heavy atom. The summed E-state index contributed by atoms with van der Waals surface area (Å²) in [6, 6.07) is 14.8. The van der Waals surface area contributed by atoms with Crippen LogP contribution in [0.5, 0.6) is 0 Å². The second-order valence-electron chi connectivity index (χ2n) is 7.46. The molecule has 2 atom stereocenters. The summed E-state index contributed by atoms with van der Waals surface area (Å²) in [5.41, 5.74) is 3.55. The van der Waals surface area contributed by atoms with Crippen LogP contribution in [0.1, 0.15) is 22.6 Å². The van der Waals surface area contributed by atoms with Gasteiger partial charge in [0.05, 0.1) is 29.5 Å². The maximum Gasteiger partial charge on any atom is 0.319 e. The first-order chi connectivity index (χ1) is 15.8. The first-order valence-electron chi connectivity index (χ1n) is 10.0. The fourth-order valence-corrected chi connectivity index (χ4v) is 4.86. The van der Waals surface area contributed by atoms with Crippen LogP contribution in [0.15, 0.2) is 57.5 Å². The number of esters is 1. The van der Waals surface area contributed by atoms with E-state index in [0.717, 1.165) is 27.4 Å². The van der Waals surface area contributed by atoms with Crippen molar-refractivity contribution >= 4 is 51.2 Å². The van der Waals surface area contributed by atoms with E-state index in [1.165, 1.54) is 7.11 Å². The van der Waals surface area contributed by atoms with E-state index in [4.69, 9.17) is 4.74 Å². The number of aryl methyl sites for hydroxylation is 1. The molecule has 1 heterocycles. The maximum absolute atomic E-state index is 12.9. The maximum atomic E-state index is 12.9. The van der Waals surface area contributed by atoms with Crippen molar-refractivity contribution in [1.82, 2.24) is 5.32 Å². The van der Waals surface area contributed by atoms with E-state index >= 15 is 0 Å². The van der Waals surface area contributed by atoms with E-state index in [1.807, 2.05) is 38.1 Å². The minimum atomic E-state index is -1.22. The number of rotatable bonds is 6. The van der Waals surface area contributed by atoms with Crippen molar-refractivity contribution in [2.24, 2.45) is 5.92 Å². The Balaban J connectivity index is 1.90. The Hall–Kier alpha value is -3.09. The number of amides is 2. The van der Waals surface area contributed by atoms with Crippen molar-refractivity contribution in [3.05, 3.63) is 74.2 Å². The number of allylic oxidation sites excluding steroid dienone is 1. The van der Waals surface area contributed by atoms with Gasteiger partial charge in [-0.05, 0) is 48.7 Å². The van der Waals surface area contributed by atoms with E-state index in [1.54, 1.807) is 18.2 Å². The number of hydrogen-bond donors (Lipinski definition) is 2. The lowest BCUT2D eigenvalue weighted by molar-refractivity contribution is -0.150. The molecule has 9 heteroatoms. The Labute approximate surface area is 204 Å². The average Bonchev–Trinajstić information content (AvgIpc) is 2.79. The highest BCUT2D eigenvalue weighted by atomic mass is 79.9. The Bertz CT molecular complexity index is 1190. The van der Waals surface area contributed by atoms with E-state index in [9.17, 15) is 19.6 Å². The summed E-state index contributed by atoms with van der Waals surface area (Å²) in [5.74, 6) is -3.67. The zero-order valence-corrected chi connectivity index (χ0v) is 20.7. The van der Waals surface area contributed by atoms with Gasteiger partial charge in [0.2, 0.25) is 11.8 Å². The van der Waals surface area contributed by atoms with Crippen molar-refractivity contribution in [3.8, 4) is 6.07 Å². The third kappa shape index (κ3) is 5.46. The minimum Gasteiger partial charge on any atom is -0.468 e. The molecule has 7 nitrogen and oxygen atoms in total. The summed E-state index contributed by atoms with van der Waals surface area (Å²) >= 11 is 4.44. The van der Waals surface area contributed by atoms with Crippen LogP contribution in [0.3, 0.4) is 0 Å². The number of methoxy groups -OCH3 is 1. The largest absolute Gasteiger partial charge is 0.468 e. The lowest BCUT2D eigenvalue weighted by atomic mass is 9.78. The highest BCUT2D eigenvalue weighted by Gasteiger charge is 2.44. The van der Waals surface area contributed by atoms with Gasteiger partial charge in [0.25, 0.3) is 0 Å². The van der Waals surface area contributed by atoms with Crippen LogP contribution >= 0.6 is 27.7 Å². The monoisotopic (exact) mass is 527 g/mol. The molecular weight excluding hydrogens is 506 g/mol. The Morgan fingerprint density at radius 1 is 1.24 bits per heavy atom. The van der Waals surface area contributed by atoms with Crippen LogP contribution in [0.4, 0.5) is 5.69 Å². The zero-order chi connectivity index (χ0) is 24.1. The molecule has 0 aliphatic carbocycles. The molecule has 0 bridgehead atoms. The summed E-state index contributed by atoms with van der Waals surface area (Å²) in [7, 11) is 1.20. The Morgan fingerprint density at radius 3 is 2.64 bits per heavy atom. The van der Waals surface area contributed by atoms with Gasteiger partial charge in [-0.1, -0.05) is 52.0 Å². The van der Waals surface area contributed by atoms with Crippen LogP contribution in [0.25, 0.3) is 0 Å². The van der Waals surface area contributed by atoms with Gasteiger partial charge in [0, 0.05) is 16.1 Å². The third-order valence-electron chi connectivity index (χ3n) is 5.42. The van der Waals surface area contributed by atoms with Crippen LogP contribution in [0, 0.1) is 31.1 Å². The summed E-state index contributed by atoms with van der Waals surface area (Å²) < 4.78 is 5.59. The van der Waals surface area contributed by atoms with Gasteiger partial charge < -0.3 is 15.4 Å². The summed E-state index contributed by atoms with van der Waals surface area (Å²) in [6.45, 7) is 3.88. The highest BCUT2D eigenvalue weighted by Crippen LogP contribution is 2.40. The molecule has 0 radical (unpaired) electrons. The number of hydrogen-bond acceptors (Lipinski definition) is 6. The van der Waals surface area contributed by atoms with Gasteiger partial charge in [0.1, 0.15) is 5.92 Å². The number of benzene rings is 2. The van der Waals surface area contributed by atoms with Crippen LogP contribution < -0.4 is 10.6 Å². The number of nitrogens with one attached hydrogen (secondary N) is 2. The van der Waals surface area contributed by atoms with Gasteiger partial charge in [0.15, 0.2) is 0 Å². The highest BCUT2D eigenvalue weighted by molar-refractivity contribution is 9.10. The van der Waals surface area contributed by atoms with E-state index in [2.05, 4.69) is 32.6 Å². The Kier molecular flexibility index (Phi) is 7.95. The average molecular weight is 528 g/mol. The molecule has 0 aromatic heterocycles. The van der Waals surface area contributed by atoms with Gasteiger partial charge in [-0.3, -0.25) is 14.4 Å². The summed E-state index contributed by atoms with van der Waals surface area (Å²) in [4.78, 5) is 37.9. The molecule has 170 valence electrons. The topological polar surface area (TPSA) is 108 Å². The fraction of sp³-hybridized carbons (Fsp3) is 0.250. The third-order valence-corrected chi connectivity index (χ3v) is 6.93. The number of carbonyl (C=O) groups is 3. The molecule has 1 aliphatic rings. The molecule has 2 aromatic carbocycles. The summed E-state index contributed by atoms with van der Waals surface area (Å²) in [6.07, 6.45) is 0. The number of anilines is 1. The first kappa shape index (κ1) is 24.6. The molecular formula is C24H22BrN3O4S. The molecule has 0 fully saturated rings. The molecule has 0 spiro atoms. The number of carbonyl (C=O) groups excluding carboxylic acids is 3. The molecule has 3 rings (SSSR count). The van der Waals surface area contributed by atoms with Crippen molar-refractivity contribution in [1.29, 1.82) is 5.26 Å². The van der Waals surface area contributed by atoms with Gasteiger partial charge >= 0.3 is 5.97 Å². The van der Waals surface area contributed by atoms with E-state index in [0.29, 0.717) is 11.3 Å². The molecule has 2 amide bonds.